The van der Waals surface area contributed by atoms with Gasteiger partial charge in [0.15, 0.2) is 0 Å². The molecule has 4 aromatic rings. The molecule has 2 heterocycles. The molecule has 0 saturated heterocycles. The number of fused-ring (bicyclic) bond motifs is 1. The first-order valence-electron chi connectivity index (χ1n) is 8.89. The second-order valence-electron chi connectivity index (χ2n) is 6.36. The first-order chi connectivity index (χ1) is 14.1. The van der Waals surface area contributed by atoms with E-state index in [1.807, 2.05) is 18.2 Å². The zero-order valence-electron chi connectivity index (χ0n) is 15.2. The zero-order chi connectivity index (χ0) is 20.2. The summed E-state index contributed by atoms with van der Waals surface area (Å²) in [6.07, 6.45) is 4.53. The SMILES string of the molecule is O=C(Nc1cccc(CNc2ccnc3c(F)ccc(F)c23)c1)c1ccncc1. The summed E-state index contributed by atoms with van der Waals surface area (Å²) in [5, 5.41) is 6.05. The highest BCUT2D eigenvalue weighted by Crippen LogP contribution is 2.27. The van der Waals surface area contributed by atoms with Gasteiger partial charge in [0, 0.05) is 42.1 Å². The van der Waals surface area contributed by atoms with Crippen LogP contribution in [0.15, 0.2) is 73.2 Å². The topological polar surface area (TPSA) is 66.9 Å². The molecule has 0 fully saturated rings. The van der Waals surface area contributed by atoms with Crippen LogP contribution in [0.2, 0.25) is 0 Å². The van der Waals surface area contributed by atoms with E-state index < -0.39 is 11.6 Å². The molecule has 144 valence electrons. The van der Waals surface area contributed by atoms with Crippen LogP contribution in [0.1, 0.15) is 15.9 Å². The molecule has 0 unspecified atom stereocenters. The fourth-order valence-corrected chi connectivity index (χ4v) is 3.00. The van der Waals surface area contributed by atoms with Crippen LogP contribution in [0.25, 0.3) is 10.9 Å². The summed E-state index contributed by atoms with van der Waals surface area (Å²) in [5.41, 5.74) is 2.41. The Morgan fingerprint density at radius 1 is 0.931 bits per heavy atom. The van der Waals surface area contributed by atoms with Gasteiger partial charge in [-0.1, -0.05) is 12.1 Å². The van der Waals surface area contributed by atoms with E-state index in [-0.39, 0.29) is 16.8 Å². The van der Waals surface area contributed by atoms with Crippen LogP contribution in [-0.4, -0.2) is 15.9 Å². The lowest BCUT2D eigenvalue weighted by atomic mass is 10.1. The normalized spacial score (nSPS) is 10.7. The molecule has 0 radical (unpaired) electrons. The van der Waals surface area contributed by atoms with Crippen LogP contribution in [0.3, 0.4) is 0 Å². The molecule has 0 atom stereocenters. The van der Waals surface area contributed by atoms with E-state index in [1.165, 1.54) is 6.20 Å². The second-order valence-corrected chi connectivity index (χ2v) is 6.36. The number of pyridine rings is 2. The molecular weight excluding hydrogens is 374 g/mol. The molecule has 0 saturated carbocycles. The van der Waals surface area contributed by atoms with Gasteiger partial charge in [-0.3, -0.25) is 14.8 Å². The minimum Gasteiger partial charge on any atom is -0.380 e. The molecule has 7 heteroatoms. The van der Waals surface area contributed by atoms with Crippen molar-refractivity contribution in [2.45, 2.75) is 6.54 Å². The molecule has 2 aromatic heterocycles. The van der Waals surface area contributed by atoms with Crippen molar-refractivity contribution >= 4 is 28.2 Å². The molecule has 0 bridgehead atoms. The Morgan fingerprint density at radius 2 is 1.72 bits per heavy atom. The van der Waals surface area contributed by atoms with Crippen molar-refractivity contribution in [2.24, 2.45) is 0 Å². The number of nitrogens with zero attached hydrogens (tertiary/aromatic N) is 2. The standard InChI is InChI=1S/C22H16F2N4O/c23-17-4-5-18(24)21-20(17)19(8-11-26-21)27-13-14-2-1-3-16(12-14)28-22(29)15-6-9-25-10-7-15/h1-12H,13H2,(H,26,27)(H,28,29). The zero-order valence-corrected chi connectivity index (χ0v) is 15.2. The monoisotopic (exact) mass is 390 g/mol. The number of hydrogen-bond donors (Lipinski definition) is 2. The largest absolute Gasteiger partial charge is 0.380 e. The van der Waals surface area contributed by atoms with Gasteiger partial charge < -0.3 is 10.6 Å². The van der Waals surface area contributed by atoms with Crippen LogP contribution in [0.5, 0.6) is 0 Å². The van der Waals surface area contributed by atoms with Crippen LogP contribution in [0.4, 0.5) is 20.2 Å². The molecule has 1 amide bonds. The van der Waals surface area contributed by atoms with Crippen LogP contribution in [-0.2, 0) is 6.54 Å². The summed E-state index contributed by atoms with van der Waals surface area (Å²) in [6.45, 7) is 0.355. The Hall–Kier alpha value is -3.87. The van der Waals surface area contributed by atoms with Gasteiger partial charge in [0.2, 0.25) is 0 Å². The van der Waals surface area contributed by atoms with Gasteiger partial charge in [-0.05, 0) is 48.0 Å². The summed E-state index contributed by atoms with van der Waals surface area (Å²) >= 11 is 0. The van der Waals surface area contributed by atoms with Crippen molar-refractivity contribution in [3.63, 3.8) is 0 Å². The molecule has 29 heavy (non-hydrogen) atoms. The van der Waals surface area contributed by atoms with E-state index >= 15 is 0 Å². The third kappa shape index (κ3) is 4.03. The average Bonchev–Trinajstić information content (AvgIpc) is 2.75. The van der Waals surface area contributed by atoms with Gasteiger partial charge in [-0.15, -0.1) is 0 Å². The summed E-state index contributed by atoms with van der Waals surface area (Å²) < 4.78 is 28.1. The van der Waals surface area contributed by atoms with E-state index in [1.54, 1.807) is 36.7 Å². The number of rotatable bonds is 5. The number of benzene rings is 2. The van der Waals surface area contributed by atoms with Crippen LogP contribution >= 0.6 is 0 Å². The minimum atomic E-state index is -0.578. The summed E-state index contributed by atoms with van der Waals surface area (Å²) in [6, 6.07) is 14.3. The van der Waals surface area contributed by atoms with Crippen molar-refractivity contribution in [3.05, 3.63) is 95.9 Å². The Labute approximate surface area is 165 Å². The third-order valence-corrected chi connectivity index (χ3v) is 4.40. The molecular formula is C22H16F2N4O. The average molecular weight is 390 g/mol. The van der Waals surface area contributed by atoms with Gasteiger partial charge in [-0.25, -0.2) is 8.78 Å². The second kappa shape index (κ2) is 8.02. The molecule has 0 spiro atoms. The van der Waals surface area contributed by atoms with Gasteiger partial charge >= 0.3 is 0 Å². The summed E-state index contributed by atoms with van der Waals surface area (Å²) in [4.78, 5) is 20.1. The maximum absolute atomic E-state index is 14.2. The first-order valence-corrected chi connectivity index (χ1v) is 8.89. The highest BCUT2D eigenvalue weighted by molar-refractivity contribution is 6.04. The lowest BCUT2D eigenvalue weighted by molar-refractivity contribution is 0.102. The predicted octanol–water partition coefficient (Wildman–Crippen LogP) is 4.77. The smallest absolute Gasteiger partial charge is 0.255 e. The van der Waals surface area contributed by atoms with Gasteiger partial charge in [-0.2, -0.15) is 0 Å². The first kappa shape index (κ1) is 18.5. The van der Waals surface area contributed by atoms with Gasteiger partial charge in [0.1, 0.15) is 17.2 Å². The molecule has 2 N–H and O–H groups in total. The van der Waals surface area contributed by atoms with Crippen LogP contribution < -0.4 is 10.6 Å². The van der Waals surface area contributed by atoms with Crippen molar-refractivity contribution in [1.29, 1.82) is 0 Å². The van der Waals surface area contributed by atoms with Gasteiger partial charge in [0.05, 0.1) is 5.39 Å². The third-order valence-electron chi connectivity index (χ3n) is 4.40. The number of anilines is 2. The molecule has 0 aliphatic carbocycles. The van der Waals surface area contributed by atoms with E-state index in [2.05, 4.69) is 20.6 Å². The molecule has 4 rings (SSSR count). The quantitative estimate of drug-likeness (QED) is 0.515. The molecule has 5 nitrogen and oxygen atoms in total. The maximum Gasteiger partial charge on any atom is 0.255 e. The summed E-state index contributed by atoms with van der Waals surface area (Å²) in [7, 11) is 0. The number of carbonyl (C=O) groups is 1. The number of halogens is 2. The van der Waals surface area contributed by atoms with Gasteiger partial charge in [0.25, 0.3) is 5.91 Å². The number of nitrogens with one attached hydrogen (secondary N) is 2. The fraction of sp³-hybridized carbons (Fsp3) is 0.0455. The number of amides is 1. The lowest BCUT2D eigenvalue weighted by Gasteiger charge is -2.12. The summed E-state index contributed by atoms with van der Waals surface area (Å²) in [5.74, 6) is -1.36. The highest BCUT2D eigenvalue weighted by Gasteiger charge is 2.12. The molecule has 0 aliphatic rings. The number of carbonyl (C=O) groups excluding carboxylic acids is 1. The van der Waals surface area contributed by atoms with Crippen molar-refractivity contribution in [2.75, 3.05) is 10.6 Å². The molecule has 2 aromatic carbocycles. The Bertz CT molecular complexity index is 1180. The van der Waals surface area contributed by atoms with Crippen molar-refractivity contribution in [3.8, 4) is 0 Å². The lowest BCUT2D eigenvalue weighted by Crippen LogP contribution is -2.12. The van der Waals surface area contributed by atoms with Crippen LogP contribution in [0, 0.1) is 11.6 Å². The van der Waals surface area contributed by atoms with Crippen molar-refractivity contribution in [1.82, 2.24) is 9.97 Å². The molecule has 0 aliphatic heterocycles. The van der Waals surface area contributed by atoms with Crippen molar-refractivity contribution < 1.29 is 13.6 Å². The maximum atomic E-state index is 14.2. The Kier molecular flexibility index (Phi) is 5.11. The van der Waals surface area contributed by atoms with E-state index in [0.717, 1.165) is 17.7 Å². The Morgan fingerprint density at radius 3 is 2.55 bits per heavy atom. The van der Waals surface area contributed by atoms with E-state index in [0.29, 0.717) is 23.5 Å². The Balaban J connectivity index is 1.52. The van der Waals surface area contributed by atoms with E-state index in [9.17, 15) is 13.6 Å². The fourth-order valence-electron chi connectivity index (χ4n) is 3.00. The minimum absolute atomic E-state index is 0.0200. The predicted molar refractivity (Wildman–Crippen MR) is 108 cm³/mol. The number of aromatic nitrogens is 2. The highest BCUT2D eigenvalue weighted by atomic mass is 19.1. The van der Waals surface area contributed by atoms with E-state index in [4.69, 9.17) is 0 Å². The number of hydrogen-bond acceptors (Lipinski definition) is 4.